The number of alkyl halides is 3. The molecule has 2 aromatic rings. The lowest BCUT2D eigenvalue weighted by molar-refractivity contribution is -0.140. The highest BCUT2D eigenvalue weighted by Crippen LogP contribution is 2.35. The standard InChI is InChI=1S/C15H12F3N5O4/c16-15(17,18)10-8(5-19-23-10)6-1-3-7(4-2-6)20-11(24)9-12(25)21-14(27)22-13(9)26/h1-5,14,21,25,27H,(H,19,23)(H,20,24)(H,22,26). The number of aliphatic hydroxyl groups excluding tert-OH is 2. The maximum Gasteiger partial charge on any atom is 0.433 e. The summed E-state index contributed by atoms with van der Waals surface area (Å²) in [5.41, 5.74) is -1.45. The Hall–Kier alpha value is -3.54. The van der Waals surface area contributed by atoms with Gasteiger partial charge in [0.15, 0.2) is 5.57 Å². The summed E-state index contributed by atoms with van der Waals surface area (Å²) in [4.78, 5) is 23.8. The summed E-state index contributed by atoms with van der Waals surface area (Å²) < 4.78 is 38.7. The molecule has 0 saturated carbocycles. The smallest absolute Gasteiger partial charge is 0.433 e. The summed E-state index contributed by atoms with van der Waals surface area (Å²) in [6.07, 6.45) is -5.11. The molecule has 0 bridgehead atoms. The molecule has 2 amide bonds. The molecule has 2 heterocycles. The number of rotatable bonds is 3. The SMILES string of the molecule is O=C(Nc1ccc(-c2cn[nH]c2C(F)(F)F)cc1)C1=C(O)NC(O)NC1=O. The normalized spacial score (nSPS) is 17.3. The van der Waals surface area contributed by atoms with E-state index in [0.29, 0.717) is 0 Å². The fraction of sp³-hybridized carbons (Fsp3) is 0.133. The minimum atomic E-state index is -4.60. The van der Waals surface area contributed by atoms with Gasteiger partial charge in [-0.15, -0.1) is 0 Å². The molecule has 0 fully saturated rings. The summed E-state index contributed by atoms with van der Waals surface area (Å²) in [5.74, 6) is -2.79. The van der Waals surface area contributed by atoms with Crippen LogP contribution in [0.4, 0.5) is 18.9 Å². The zero-order valence-corrected chi connectivity index (χ0v) is 13.3. The van der Waals surface area contributed by atoms with Crippen LogP contribution in [-0.2, 0) is 15.8 Å². The van der Waals surface area contributed by atoms with Crippen LogP contribution in [0.5, 0.6) is 0 Å². The number of carbonyl (C=O) groups excluding carboxylic acids is 2. The molecule has 12 heteroatoms. The number of carbonyl (C=O) groups is 2. The lowest BCUT2D eigenvalue weighted by atomic mass is 10.1. The molecule has 0 saturated heterocycles. The van der Waals surface area contributed by atoms with E-state index in [9.17, 15) is 33.0 Å². The molecular weight excluding hydrogens is 371 g/mol. The molecule has 1 aliphatic rings. The number of halogens is 3. The molecule has 0 spiro atoms. The molecule has 3 rings (SSSR count). The first kappa shape index (κ1) is 18.3. The largest absolute Gasteiger partial charge is 0.494 e. The van der Waals surface area contributed by atoms with Crippen LogP contribution in [0.2, 0.25) is 0 Å². The van der Waals surface area contributed by atoms with Gasteiger partial charge in [-0.25, -0.2) is 0 Å². The van der Waals surface area contributed by atoms with Crippen molar-refractivity contribution in [3.63, 3.8) is 0 Å². The van der Waals surface area contributed by atoms with Crippen molar-refractivity contribution in [1.29, 1.82) is 0 Å². The van der Waals surface area contributed by atoms with Gasteiger partial charge in [0.25, 0.3) is 11.8 Å². The predicted molar refractivity (Wildman–Crippen MR) is 84.6 cm³/mol. The van der Waals surface area contributed by atoms with Gasteiger partial charge in [-0.2, -0.15) is 18.3 Å². The molecule has 1 aromatic carbocycles. The van der Waals surface area contributed by atoms with Crippen LogP contribution < -0.4 is 16.0 Å². The lowest BCUT2D eigenvalue weighted by Gasteiger charge is -2.22. The third-order valence-corrected chi connectivity index (χ3v) is 3.61. The van der Waals surface area contributed by atoms with Gasteiger partial charge in [-0.05, 0) is 17.7 Å². The number of H-pyrrole nitrogens is 1. The predicted octanol–water partition coefficient (Wildman–Crippen LogP) is 0.799. The molecule has 1 unspecified atom stereocenters. The van der Waals surface area contributed by atoms with Gasteiger partial charge >= 0.3 is 6.18 Å². The van der Waals surface area contributed by atoms with E-state index in [1.54, 1.807) is 0 Å². The summed E-state index contributed by atoms with van der Waals surface area (Å²) in [7, 11) is 0. The van der Waals surface area contributed by atoms with Gasteiger partial charge in [0.1, 0.15) is 5.69 Å². The van der Waals surface area contributed by atoms with Crippen molar-refractivity contribution in [2.75, 3.05) is 5.32 Å². The van der Waals surface area contributed by atoms with Crippen LogP contribution in [0.3, 0.4) is 0 Å². The van der Waals surface area contributed by atoms with Gasteiger partial charge in [0, 0.05) is 11.3 Å². The fourth-order valence-corrected chi connectivity index (χ4v) is 2.40. The Morgan fingerprint density at radius 3 is 2.44 bits per heavy atom. The monoisotopic (exact) mass is 383 g/mol. The van der Waals surface area contributed by atoms with Crippen LogP contribution in [0.15, 0.2) is 41.9 Å². The van der Waals surface area contributed by atoms with Crippen molar-refractivity contribution in [3.8, 4) is 11.1 Å². The number of hydrogen-bond donors (Lipinski definition) is 6. The van der Waals surface area contributed by atoms with Crippen LogP contribution in [0, 0.1) is 0 Å². The Morgan fingerprint density at radius 2 is 1.85 bits per heavy atom. The molecule has 142 valence electrons. The zero-order valence-electron chi connectivity index (χ0n) is 13.3. The Bertz CT molecular complexity index is 920. The highest BCUT2D eigenvalue weighted by Gasteiger charge is 2.36. The number of hydrogen-bond acceptors (Lipinski definition) is 6. The summed E-state index contributed by atoms with van der Waals surface area (Å²) in [6, 6.07) is 5.29. The third kappa shape index (κ3) is 3.69. The average molecular weight is 383 g/mol. The minimum absolute atomic E-state index is 0.162. The topological polar surface area (TPSA) is 139 Å². The lowest BCUT2D eigenvalue weighted by Crippen LogP contribution is -2.52. The van der Waals surface area contributed by atoms with Crippen molar-refractivity contribution in [2.45, 2.75) is 12.5 Å². The summed E-state index contributed by atoms with van der Waals surface area (Å²) in [6.45, 7) is 0. The molecule has 6 N–H and O–H groups in total. The summed E-state index contributed by atoms with van der Waals surface area (Å²) >= 11 is 0. The first-order valence-electron chi connectivity index (χ1n) is 7.38. The minimum Gasteiger partial charge on any atom is -0.494 e. The zero-order chi connectivity index (χ0) is 19.8. The number of anilines is 1. The first-order chi connectivity index (χ1) is 12.7. The Labute approximate surface area is 148 Å². The summed E-state index contributed by atoms with van der Waals surface area (Å²) in [5, 5.41) is 30.4. The van der Waals surface area contributed by atoms with Crippen molar-refractivity contribution < 1.29 is 33.0 Å². The molecule has 1 atom stereocenters. The molecule has 1 aromatic heterocycles. The van der Waals surface area contributed by atoms with E-state index in [0.717, 1.165) is 6.20 Å². The van der Waals surface area contributed by atoms with E-state index >= 15 is 0 Å². The molecule has 0 aliphatic carbocycles. The number of aromatic amines is 1. The van der Waals surface area contributed by atoms with E-state index in [1.165, 1.54) is 24.3 Å². The molecule has 9 nitrogen and oxygen atoms in total. The maximum absolute atomic E-state index is 12.9. The molecule has 0 radical (unpaired) electrons. The van der Waals surface area contributed by atoms with Crippen LogP contribution in [0.1, 0.15) is 5.69 Å². The highest BCUT2D eigenvalue weighted by atomic mass is 19.4. The van der Waals surface area contributed by atoms with Gasteiger partial charge in [0.2, 0.25) is 12.2 Å². The van der Waals surface area contributed by atoms with Gasteiger partial charge in [0.05, 0.1) is 6.20 Å². The fourth-order valence-electron chi connectivity index (χ4n) is 2.40. The van der Waals surface area contributed by atoms with E-state index in [2.05, 4.69) is 15.7 Å². The number of nitrogens with one attached hydrogen (secondary N) is 4. The van der Waals surface area contributed by atoms with E-state index < -0.39 is 41.5 Å². The first-order valence-corrected chi connectivity index (χ1v) is 7.38. The van der Waals surface area contributed by atoms with Gasteiger partial charge < -0.3 is 26.2 Å². The third-order valence-electron chi connectivity index (χ3n) is 3.61. The number of benzene rings is 1. The van der Waals surface area contributed by atoms with Gasteiger partial charge in [-0.1, -0.05) is 12.1 Å². The maximum atomic E-state index is 12.9. The van der Waals surface area contributed by atoms with Crippen molar-refractivity contribution >= 4 is 17.5 Å². The number of amides is 2. The van der Waals surface area contributed by atoms with Crippen molar-refractivity contribution in [1.82, 2.24) is 20.8 Å². The second kappa shape index (κ2) is 6.64. The van der Waals surface area contributed by atoms with Gasteiger partial charge in [-0.3, -0.25) is 14.7 Å². The number of aromatic nitrogens is 2. The van der Waals surface area contributed by atoms with Crippen LogP contribution >= 0.6 is 0 Å². The van der Waals surface area contributed by atoms with Crippen LogP contribution in [0.25, 0.3) is 11.1 Å². The number of nitrogens with zero attached hydrogens (tertiary/aromatic N) is 1. The van der Waals surface area contributed by atoms with Crippen molar-refractivity contribution in [2.24, 2.45) is 0 Å². The van der Waals surface area contributed by atoms with Crippen LogP contribution in [-0.4, -0.2) is 38.6 Å². The Morgan fingerprint density at radius 1 is 1.19 bits per heavy atom. The number of aliphatic hydroxyl groups is 2. The molecule has 1 aliphatic heterocycles. The Kier molecular flexibility index (Phi) is 4.49. The quantitative estimate of drug-likeness (QED) is 0.434. The van der Waals surface area contributed by atoms with Crippen molar-refractivity contribution in [3.05, 3.63) is 47.6 Å². The van der Waals surface area contributed by atoms with E-state index in [-0.39, 0.29) is 16.8 Å². The molecular formula is C15H12F3N5O4. The second-order valence-corrected chi connectivity index (χ2v) is 5.43. The average Bonchev–Trinajstić information content (AvgIpc) is 3.04. The van der Waals surface area contributed by atoms with E-state index in [1.807, 2.05) is 10.4 Å². The Balaban J connectivity index is 1.79. The van der Waals surface area contributed by atoms with E-state index in [4.69, 9.17) is 0 Å². The second-order valence-electron chi connectivity index (χ2n) is 5.43. The molecule has 27 heavy (non-hydrogen) atoms. The highest BCUT2D eigenvalue weighted by molar-refractivity contribution is 6.23.